The van der Waals surface area contributed by atoms with Crippen molar-refractivity contribution in [3.8, 4) is 0 Å². The molecule has 4 atom stereocenters. The van der Waals surface area contributed by atoms with Crippen LogP contribution in [0, 0.1) is 17.5 Å². The van der Waals surface area contributed by atoms with Crippen LogP contribution < -0.4 is 21.7 Å². The minimum atomic E-state index is -0.813. The summed E-state index contributed by atoms with van der Waals surface area (Å²) in [6, 6.07) is 2.33. The van der Waals surface area contributed by atoms with Crippen molar-refractivity contribution in [3.63, 3.8) is 0 Å². The molecular formula is C38H46Cl4F3N7O8. The monoisotopic (exact) mass is 925 g/mol. The SMILES string of the molecule is COC(=O)c1cc(F)c(Cl)nc1Cl.COC(=O)c1cc(F)c(NC2CCCC[C@@H]2N)nc1Cl.COC(=O)c1cc(F)c(NC2CCCC[C@@H]2NC(=O)OC(C)(C)C)nc1Cl. The molecule has 2 aliphatic carbocycles. The quantitative estimate of drug-likeness (QED) is 0.0949. The van der Waals surface area contributed by atoms with Gasteiger partial charge in [-0.2, -0.15) is 0 Å². The van der Waals surface area contributed by atoms with Crippen LogP contribution in [0.15, 0.2) is 18.2 Å². The summed E-state index contributed by atoms with van der Waals surface area (Å²) < 4.78 is 59.9. The zero-order chi connectivity index (χ0) is 44.9. The average Bonchev–Trinajstić information content (AvgIpc) is 3.19. The van der Waals surface area contributed by atoms with Gasteiger partial charge in [-0.05, 0) is 64.7 Å². The van der Waals surface area contributed by atoms with Crippen LogP contribution >= 0.6 is 46.4 Å². The van der Waals surface area contributed by atoms with Crippen molar-refractivity contribution in [2.45, 2.75) is 102 Å². The van der Waals surface area contributed by atoms with Gasteiger partial charge in [-0.1, -0.05) is 72.1 Å². The molecular weight excluding hydrogens is 881 g/mol. The van der Waals surface area contributed by atoms with Crippen LogP contribution in [0.2, 0.25) is 20.6 Å². The third kappa shape index (κ3) is 14.7. The number of anilines is 2. The molecule has 330 valence electrons. The van der Waals surface area contributed by atoms with Crippen molar-refractivity contribution in [2.75, 3.05) is 32.0 Å². The molecule has 2 fully saturated rings. The van der Waals surface area contributed by atoms with Gasteiger partial charge in [-0.3, -0.25) is 0 Å². The molecule has 5 rings (SSSR count). The van der Waals surface area contributed by atoms with Crippen LogP contribution in [-0.2, 0) is 18.9 Å². The molecule has 0 spiro atoms. The maximum absolute atomic E-state index is 14.4. The van der Waals surface area contributed by atoms with Gasteiger partial charge in [0.25, 0.3) is 0 Å². The van der Waals surface area contributed by atoms with E-state index in [1.807, 2.05) is 0 Å². The molecule has 0 aromatic carbocycles. The van der Waals surface area contributed by atoms with Crippen molar-refractivity contribution in [2.24, 2.45) is 5.73 Å². The summed E-state index contributed by atoms with van der Waals surface area (Å²) in [7, 11) is 3.53. The Kier molecular flexibility index (Phi) is 19.2. The molecule has 2 aliphatic rings. The van der Waals surface area contributed by atoms with E-state index in [0.29, 0.717) is 0 Å². The second kappa shape index (κ2) is 23.0. The number of halogens is 7. The Labute approximate surface area is 364 Å². The Morgan fingerprint density at radius 1 is 0.617 bits per heavy atom. The van der Waals surface area contributed by atoms with Gasteiger partial charge in [0, 0.05) is 18.1 Å². The first-order chi connectivity index (χ1) is 28.2. The van der Waals surface area contributed by atoms with Crippen LogP contribution in [0.5, 0.6) is 0 Å². The normalized spacial score (nSPS) is 18.6. The van der Waals surface area contributed by atoms with Crippen molar-refractivity contribution in [3.05, 3.63) is 73.0 Å². The van der Waals surface area contributed by atoms with E-state index in [1.54, 1.807) is 20.8 Å². The molecule has 0 radical (unpaired) electrons. The Hall–Kier alpha value is -4.36. The van der Waals surface area contributed by atoms with Crippen LogP contribution in [0.3, 0.4) is 0 Å². The first-order valence-electron chi connectivity index (χ1n) is 18.5. The topological polar surface area (TPSA) is 206 Å². The zero-order valence-electron chi connectivity index (χ0n) is 33.5. The van der Waals surface area contributed by atoms with E-state index in [2.05, 4.69) is 45.1 Å². The Morgan fingerprint density at radius 2 is 1.00 bits per heavy atom. The molecule has 2 unspecified atom stereocenters. The maximum Gasteiger partial charge on any atom is 0.407 e. The molecule has 22 heteroatoms. The number of nitrogens with two attached hydrogens (primary N) is 1. The second-order valence-corrected chi connectivity index (χ2v) is 15.8. The number of amides is 1. The van der Waals surface area contributed by atoms with Crippen molar-refractivity contribution >= 4 is 82.0 Å². The minimum Gasteiger partial charge on any atom is -0.465 e. The van der Waals surface area contributed by atoms with Crippen LogP contribution in [-0.4, -0.2) is 90.1 Å². The number of methoxy groups -OCH3 is 3. The van der Waals surface area contributed by atoms with Gasteiger partial charge in [0.15, 0.2) is 34.2 Å². The number of hydrogen-bond donors (Lipinski definition) is 4. The first kappa shape index (κ1) is 50.0. The standard InChI is InChI=1S/C18H25ClFN3O4.C13H17ClFN3O2.C7H4Cl2FNO2/c1-18(2,3)27-17(25)22-13-8-6-5-7-12(13)21-15-11(20)9-10(14(19)23-15)16(24)26-4;1-20-13(19)7-6-8(15)12(18-11(7)14)17-10-5-3-2-4-9(10)16;1-13-7(12)3-2-4(10)6(9)11-5(3)8/h9,12-13H,5-8H2,1-4H3,(H,21,23)(H,22,25);6,9-10H,2-5,16H2,1H3,(H,17,18);2H,1H3/t12?,13-;9-,10?;/m00./s1. The predicted octanol–water partition coefficient (Wildman–Crippen LogP) is 8.57. The van der Waals surface area contributed by atoms with Crippen LogP contribution in [0.25, 0.3) is 0 Å². The van der Waals surface area contributed by atoms with Gasteiger partial charge in [0.05, 0.1) is 32.9 Å². The van der Waals surface area contributed by atoms with Crippen molar-refractivity contribution < 1.29 is 51.3 Å². The molecule has 3 aromatic heterocycles. The van der Waals surface area contributed by atoms with Gasteiger partial charge in [-0.25, -0.2) is 47.3 Å². The lowest BCUT2D eigenvalue weighted by Gasteiger charge is -2.33. The lowest BCUT2D eigenvalue weighted by atomic mass is 9.90. The number of ether oxygens (including phenoxy) is 4. The van der Waals surface area contributed by atoms with Gasteiger partial charge in [0.1, 0.15) is 32.2 Å². The number of carbonyl (C=O) groups excluding carboxylic acids is 4. The Balaban J connectivity index is 0.000000256. The summed E-state index contributed by atoms with van der Waals surface area (Å²) >= 11 is 22.7. The van der Waals surface area contributed by atoms with E-state index in [4.69, 9.17) is 56.9 Å². The molecule has 0 bridgehead atoms. The maximum atomic E-state index is 14.4. The third-order valence-corrected chi connectivity index (χ3v) is 10.0. The predicted molar refractivity (Wildman–Crippen MR) is 220 cm³/mol. The number of hydrogen-bond acceptors (Lipinski definition) is 14. The molecule has 1 amide bonds. The number of pyridine rings is 3. The van der Waals surface area contributed by atoms with E-state index >= 15 is 0 Å². The van der Waals surface area contributed by atoms with E-state index < -0.39 is 47.1 Å². The highest BCUT2D eigenvalue weighted by atomic mass is 35.5. The number of rotatable bonds is 8. The van der Waals surface area contributed by atoms with Gasteiger partial charge < -0.3 is 40.6 Å². The van der Waals surface area contributed by atoms with Gasteiger partial charge >= 0.3 is 24.0 Å². The molecule has 3 aromatic rings. The van der Waals surface area contributed by atoms with Crippen LogP contribution in [0.1, 0.15) is 103 Å². The molecule has 15 nitrogen and oxygen atoms in total. The van der Waals surface area contributed by atoms with E-state index in [1.165, 1.54) is 14.2 Å². The molecule has 0 aliphatic heterocycles. The highest BCUT2D eigenvalue weighted by Gasteiger charge is 2.30. The van der Waals surface area contributed by atoms with E-state index in [9.17, 15) is 32.3 Å². The van der Waals surface area contributed by atoms with Crippen molar-refractivity contribution in [1.82, 2.24) is 20.3 Å². The number of esters is 3. The van der Waals surface area contributed by atoms with E-state index in [-0.39, 0.29) is 73.1 Å². The number of nitrogens with zero attached hydrogens (tertiary/aromatic N) is 3. The highest BCUT2D eigenvalue weighted by molar-refractivity contribution is 6.34. The summed E-state index contributed by atoms with van der Waals surface area (Å²) in [4.78, 5) is 57.2. The van der Waals surface area contributed by atoms with Crippen molar-refractivity contribution in [1.29, 1.82) is 0 Å². The fourth-order valence-corrected chi connectivity index (χ4v) is 6.80. The lowest BCUT2D eigenvalue weighted by Crippen LogP contribution is -2.50. The lowest BCUT2D eigenvalue weighted by molar-refractivity contribution is 0.0486. The second-order valence-electron chi connectivity index (χ2n) is 14.4. The number of carbonyl (C=O) groups is 4. The number of nitrogens with one attached hydrogen (secondary N) is 3. The van der Waals surface area contributed by atoms with Crippen LogP contribution in [0.4, 0.5) is 29.6 Å². The fourth-order valence-electron chi connectivity index (χ4n) is 5.97. The largest absolute Gasteiger partial charge is 0.465 e. The van der Waals surface area contributed by atoms with Gasteiger partial charge in [-0.15, -0.1) is 0 Å². The summed E-state index contributed by atoms with van der Waals surface area (Å²) in [5, 5.41) is 8.01. The molecule has 0 saturated heterocycles. The fraction of sp³-hybridized carbons (Fsp3) is 0.500. The number of aromatic nitrogens is 3. The zero-order valence-corrected chi connectivity index (χ0v) is 36.6. The van der Waals surface area contributed by atoms with Gasteiger partial charge in [0.2, 0.25) is 0 Å². The molecule has 5 N–H and O–H groups in total. The Morgan fingerprint density at radius 3 is 1.43 bits per heavy atom. The summed E-state index contributed by atoms with van der Waals surface area (Å²) in [5.41, 5.74) is 5.01. The highest BCUT2D eigenvalue weighted by Crippen LogP contribution is 2.28. The number of alkyl carbamates (subject to hydrolysis) is 1. The minimum absolute atomic E-state index is 0.0185. The summed E-state index contributed by atoms with van der Waals surface area (Å²) in [6.07, 6.45) is 6.68. The summed E-state index contributed by atoms with van der Waals surface area (Å²) in [6.45, 7) is 5.36. The molecule has 3 heterocycles. The smallest absolute Gasteiger partial charge is 0.407 e. The van der Waals surface area contributed by atoms with E-state index in [0.717, 1.165) is 76.7 Å². The third-order valence-electron chi connectivity index (χ3n) is 8.89. The molecule has 2 saturated carbocycles. The molecule has 60 heavy (non-hydrogen) atoms. The summed E-state index contributed by atoms with van der Waals surface area (Å²) in [5.74, 6) is -4.48. The average molecular weight is 928 g/mol. The first-order valence-corrected chi connectivity index (χ1v) is 20.0. The Bertz CT molecular complexity index is 2010.